The molecule has 2 rings (SSSR count). The highest BCUT2D eigenvalue weighted by Crippen LogP contribution is 2.13. The second-order valence-corrected chi connectivity index (χ2v) is 5.07. The average molecular weight is 275 g/mol. The van der Waals surface area contributed by atoms with Crippen molar-refractivity contribution in [3.8, 4) is 0 Å². The van der Waals surface area contributed by atoms with Crippen LogP contribution in [0.5, 0.6) is 0 Å². The van der Waals surface area contributed by atoms with E-state index >= 15 is 0 Å². The first kappa shape index (κ1) is 14.5. The molecule has 108 valence electrons. The Bertz CT molecular complexity index is 482. The number of carbonyl (C=O) groups excluding carboxylic acids is 2. The van der Waals surface area contributed by atoms with Crippen molar-refractivity contribution in [2.45, 2.75) is 32.6 Å². The molecule has 0 aromatic carbocycles. The summed E-state index contributed by atoms with van der Waals surface area (Å²) >= 11 is 0. The molecule has 5 heteroatoms. The molecule has 1 aliphatic heterocycles. The molecule has 1 aromatic heterocycles. The van der Waals surface area contributed by atoms with Gasteiger partial charge in [-0.2, -0.15) is 0 Å². The number of rotatable bonds is 5. The van der Waals surface area contributed by atoms with Crippen molar-refractivity contribution >= 4 is 11.8 Å². The third-order valence-corrected chi connectivity index (χ3v) is 3.46. The molecule has 0 unspecified atom stereocenters. The lowest BCUT2D eigenvalue weighted by molar-refractivity contribution is 0.0792. The average Bonchev–Trinajstić information content (AvgIpc) is 3.01. The summed E-state index contributed by atoms with van der Waals surface area (Å²) in [7, 11) is 0. The third kappa shape index (κ3) is 3.56. The maximum atomic E-state index is 12.2. The van der Waals surface area contributed by atoms with Gasteiger partial charge in [-0.1, -0.05) is 13.3 Å². The number of nitrogens with zero attached hydrogens (tertiary/aromatic N) is 2. The number of likely N-dealkylation sites (tertiary alicyclic amines) is 1. The molecule has 0 bridgehead atoms. The molecule has 0 atom stereocenters. The van der Waals surface area contributed by atoms with Crippen LogP contribution >= 0.6 is 0 Å². The van der Waals surface area contributed by atoms with E-state index in [4.69, 9.17) is 0 Å². The van der Waals surface area contributed by atoms with Gasteiger partial charge in [0.15, 0.2) is 0 Å². The molecular formula is C15H21N3O2. The van der Waals surface area contributed by atoms with Crippen molar-refractivity contribution in [3.05, 3.63) is 29.6 Å². The predicted molar refractivity (Wildman–Crippen MR) is 76.6 cm³/mol. The van der Waals surface area contributed by atoms with Crippen LogP contribution in [0.4, 0.5) is 0 Å². The Hall–Kier alpha value is -1.91. The Morgan fingerprint density at radius 3 is 2.65 bits per heavy atom. The van der Waals surface area contributed by atoms with E-state index in [-0.39, 0.29) is 11.8 Å². The van der Waals surface area contributed by atoms with Crippen molar-refractivity contribution < 1.29 is 9.59 Å². The van der Waals surface area contributed by atoms with Crippen molar-refractivity contribution in [1.82, 2.24) is 15.2 Å². The van der Waals surface area contributed by atoms with E-state index < -0.39 is 0 Å². The minimum atomic E-state index is -0.165. The van der Waals surface area contributed by atoms with Crippen molar-refractivity contribution in [2.24, 2.45) is 0 Å². The van der Waals surface area contributed by atoms with Gasteiger partial charge in [-0.05, 0) is 25.3 Å². The lowest BCUT2D eigenvalue weighted by atomic mass is 10.1. The van der Waals surface area contributed by atoms with Gasteiger partial charge in [-0.25, -0.2) is 0 Å². The van der Waals surface area contributed by atoms with Gasteiger partial charge >= 0.3 is 0 Å². The summed E-state index contributed by atoms with van der Waals surface area (Å²) < 4.78 is 0. The molecule has 1 saturated heterocycles. The van der Waals surface area contributed by atoms with Gasteiger partial charge in [-0.15, -0.1) is 0 Å². The number of amides is 2. The van der Waals surface area contributed by atoms with E-state index in [9.17, 15) is 9.59 Å². The summed E-state index contributed by atoms with van der Waals surface area (Å²) in [4.78, 5) is 30.0. The highest BCUT2D eigenvalue weighted by Gasteiger charge is 2.20. The van der Waals surface area contributed by atoms with Crippen LogP contribution in [0.2, 0.25) is 0 Å². The Kier molecular flexibility index (Phi) is 5.09. The Labute approximate surface area is 119 Å². The molecule has 0 radical (unpaired) electrons. The lowest BCUT2D eigenvalue weighted by Crippen LogP contribution is -2.29. The smallest absolute Gasteiger partial charge is 0.255 e. The molecular weight excluding hydrogens is 254 g/mol. The van der Waals surface area contributed by atoms with E-state index in [2.05, 4.69) is 17.2 Å². The fourth-order valence-electron chi connectivity index (χ4n) is 2.26. The van der Waals surface area contributed by atoms with Crippen LogP contribution in [0.25, 0.3) is 0 Å². The Morgan fingerprint density at radius 1 is 1.25 bits per heavy atom. The van der Waals surface area contributed by atoms with E-state index in [0.29, 0.717) is 17.7 Å². The molecule has 2 amide bonds. The fraction of sp³-hybridized carbons (Fsp3) is 0.533. The number of nitrogens with one attached hydrogen (secondary N) is 1. The molecule has 2 heterocycles. The molecule has 1 aliphatic rings. The molecule has 5 nitrogen and oxygen atoms in total. The molecule has 20 heavy (non-hydrogen) atoms. The maximum Gasteiger partial charge on any atom is 0.255 e. The number of pyridine rings is 1. The zero-order chi connectivity index (χ0) is 14.4. The first-order valence-corrected chi connectivity index (χ1v) is 7.25. The third-order valence-electron chi connectivity index (χ3n) is 3.46. The van der Waals surface area contributed by atoms with Gasteiger partial charge < -0.3 is 10.2 Å². The molecule has 1 fully saturated rings. The van der Waals surface area contributed by atoms with Crippen molar-refractivity contribution in [1.29, 1.82) is 0 Å². The molecule has 0 saturated carbocycles. The highest BCUT2D eigenvalue weighted by molar-refractivity contribution is 5.99. The van der Waals surface area contributed by atoms with Crippen LogP contribution < -0.4 is 5.32 Å². The second kappa shape index (κ2) is 7.03. The zero-order valence-electron chi connectivity index (χ0n) is 11.9. The largest absolute Gasteiger partial charge is 0.352 e. The number of hydrogen-bond donors (Lipinski definition) is 1. The van der Waals surface area contributed by atoms with Gasteiger partial charge in [0.2, 0.25) is 0 Å². The first-order valence-electron chi connectivity index (χ1n) is 7.25. The maximum absolute atomic E-state index is 12.2. The van der Waals surface area contributed by atoms with E-state index in [1.165, 1.54) is 12.4 Å². The summed E-state index contributed by atoms with van der Waals surface area (Å²) in [6.45, 7) is 4.32. The SMILES string of the molecule is CCCCNC(=O)c1cncc(C(=O)N2CCCC2)c1. The Morgan fingerprint density at radius 2 is 1.95 bits per heavy atom. The number of carbonyl (C=O) groups is 2. The monoisotopic (exact) mass is 275 g/mol. The van der Waals surface area contributed by atoms with Crippen LogP contribution in [-0.4, -0.2) is 41.3 Å². The molecule has 1 aromatic rings. The van der Waals surface area contributed by atoms with Crippen LogP contribution in [-0.2, 0) is 0 Å². The fourth-order valence-corrected chi connectivity index (χ4v) is 2.26. The number of hydrogen-bond acceptors (Lipinski definition) is 3. The van der Waals surface area contributed by atoms with Gasteiger partial charge in [0.05, 0.1) is 11.1 Å². The molecule has 1 N–H and O–H groups in total. The molecule has 0 aliphatic carbocycles. The number of unbranched alkanes of at least 4 members (excludes halogenated alkanes) is 1. The van der Waals surface area contributed by atoms with E-state index in [0.717, 1.165) is 38.8 Å². The van der Waals surface area contributed by atoms with E-state index in [1.807, 2.05) is 4.90 Å². The van der Waals surface area contributed by atoms with Crippen LogP contribution in [0.3, 0.4) is 0 Å². The zero-order valence-corrected chi connectivity index (χ0v) is 11.9. The minimum absolute atomic E-state index is 0.0294. The first-order chi connectivity index (χ1) is 9.72. The topological polar surface area (TPSA) is 62.3 Å². The van der Waals surface area contributed by atoms with Gasteiger partial charge in [0.1, 0.15) is 0 Å². The van der Waals surface area contributed by atoms with Gasteiger partial charge in [0, 0.05) is 32.0 Å². The Balaban J connectivity index is 2.03. The van der Waals surface area contributed by atoms with Crippen molar-refractivity contribution in [2.75, 3.05) is 19.6 Å². The van der Waals surface area contributed by atoms with Crippen LogP contribution in [0, 0.1) is 0 Å². The second-order valence-electron chi connectivity index (χ2n) is 5.07. The standard InChI is InChI=1S/C15H21N3O2/c1-2-3-6-17-14(19)12-9-13(11-16-10-12)15(20)18-7-4-5-8-18/h9-11H,2-8H2,1H3,(H,17,19). The van der Waals surface area contributed by atoms with E-state index in [1.54, 1.807) is 6.07 Å². The minimum Gasteiger partial charge on any atom is -0.352 e. The summed E-state index contributed by atoms with van der Waals surface area (Å²) in [5.41, 5.74) is 0.946. The summed E-state index contributed by atoms with van der Waals surface area (Å²) in [6, 6.07) is 1.63. The van der Waals surface area contributed by atoms with Crippen molar-refractivity contribution in [3.63, 3.8) is 0 Å². The summed E-state index contributed by atoms with van der Waals surface area (Å²) in [5.74, 6) is -0.194. The van der Waals surface area contributed by atoms with Crippen LogP contribution in [0.1, 0.15) is 53.3 Å². The lowest BCUT2D eigenvalue weighted by Gasteiger charge is -2.15. The highest BCUT2D eigenvalue weighted by atomic mass is 16.2. The van der Waals surface area contributed by atoms with Crippen LogP contribution in [0.15, 0.2) is 18.5 Å². The summed E-state index contributed by atoms with van der Waals surface area (Å²) in [5, 5.41) is 2.83. The number of aromatic nitrogens is 1. The normalized spacial score (nSPS) is 14.3. The van der Waals surface area contributed by atoms with Gasteiger partial charge in [-0.3, -0.25) is 14.6 Å². The quantitative estimate of drug-likeness (QED) is 0.834. The molecule has 0 spiro atoms. The van der Waals surface area contributed by atoms with Gasteiger partial charge in [0.25, 0.3) is 11.8 Å². The summed E-state index contributed by atoms with van der Waals surface area (Å²) in [6.07, 6.45) is 7.12. The predicted octanol–water partition coefficient (Wildman–Crippen LogP) is 1.85.